The van der Waals surface area contributed by atoms with E-state index < -0.39 is 0 Å². The molecule has 0 spiro atoms. The zero-order valence-electron chi connectivity index (χ0n) is 13.3. The summed E-state index contributed by atoms with van der Waals surface area (Å²) < 4.78 is 0. The lowest BCUT2D eigenvalue weighted by molar-refractivity contribution is -0.123. The average Bonchev–Trinajstić information content (AvgIpc) is 2.24. The predicted octanol–water partition coefficient (Wildman–Crippen LogP) is 4.36. The van der Waals surface area contributed by atoms with Crippen LogP contribution in [0.15, 0.2) is 0 Å². The van der Waals surface area contributed by atoms with Crippen LogP contribution in [0.25, 0.3) is 0 Å². The number of rotatable bonds is 2. The largest absolute Gasteiger partial charge is 0.350 e. The SMILES string of the molecule is CC(C)(C)NC(=O)C(Cl)C1CCC(C(C)(C)C)CC1. The van der Waals surface area contributed by atoms with Crippen molar-refractivity contribution in [1.82, 2.24) is 5.32 Å². The molecule has 0 aliphatic heterocycles. The molecule has 1 fully saturated rings. The van der Waals surface area contributed by atoms with E-state index in [4.69, 9.17) is 11.6 Å². The second-order valence-corrected chi connectivity index (χ2v) is 8.59. The van der Waals surface area contributed by atoms with Gasteiger partial charge in [-0.1, -0.05) is 20.8 Å². The summed E-state index contributed by atoms with van der Waals surface area (Å²) in [6.45, 7) is 12.9. The lowest BCUT2D eigenvalue weighted by Crippen LogP contribution is -2.46. The van der Waals surface area contributed by atoms with Crippen LogP contribution in [0.4, 0.5) is 0 Å². The molecule has 1 unspecified atom stereocenters. The third-order valence-electron chi connectivity index (χ3n) is 4.16. The van der Waals surface area contributed by atoms with E-state index in [1.54, 1.807) is 0 Å². The van der Waals surface area contributed by atoms with Crippen molar-refractivity contribution in [2.45, 2.75) is 78.1 Å². The summed E-state index contributed by atoms with van der Waals surface area (Å²) in [4.78, 5) is 12.1. The molecule has 0 bridgehead atoms. The van der Waals surface area contributed by atoms with E-state index in [9.17, 15) is 4.79 Å². The van der Waals surface area contributed by atoms with E-state index in [1.807, 2.05) is 20.8 Å². The molecule has 0 radical (unpaired) electrons. The summed E-state index contributed by atoms with van der Waals surface area (Å²) in [5, 5.41) is 2.61. The van der Waals surface area contributed by atoms with Crippen LogP contribution < -0.4 is 5.32 Å². The maximum Gasteiger partial charge on any atom is 0.238 e. The number of alkyl halides is 1. The molecule has 1 N–H and O–H groups in total. The van der Waals surface area contributed by atoms with Gasteiger partial charge >= 0.3 is 0 Å². The zero-order valence-corrected chi connectivity index (χ0v) is 14.1. The Bertz CT molecular complexity index is 306. The van der Waals surface area contributed by atoms with Gasteiger partial charge in [-0.25, -0.2) is 0 Å². The summed E-state index contributed by atoms with van der Waals surface area (Å²) in [6, 6.07) is 0. The first-order chi connectivity index (χ1) is 8.50. The van der Waals surface area contributed by atoms with E-state index in [1.165, 1.54) is 12.8 Å². The van der Waals surface area contributed by atoms with Crippen LogP contribution in [0.1, 0.15) is 67.2 Å². The van der Waals surface area contributed by atoms with Crippen molar-refractivity contribution in [2.24, 2.45) is 17.3 Å². The second-order valence-electron chi connectivity index (χ2n) is 8.12. The first-order valence-corrected chi connectivity index (χ1v) is 7.90. The quantitative estimate of drug-likeness (QED) is 0.751. The lowest BCUT2D eigenvalue weighted by atomic mass is 9.69. The Morgan fingerprint density at radius 2 is 1.53 bits per heavy atom. The van der Waals surface area contributed by atoms with Crippen LogP contribution in [0.5, 0.6) is 0 Å². The van der Waals surface area contributed by atoms with Crippen LogP contribution >= 0.6 is 11.6 Å². The third-order valence-corrected chi connectivity index (χ3v) is 4.71. The first kappa shape index (κ1) is 16.8. The summed E-state index contributed by atoms with van der Waals surface area (Å²) in [7, 11) is 0. The van der Waals surface area contributed by atoms with Gasteiger partial charge < -0.3 is 5.32 Å². The minimum atomic E-state index is -0.375. The Morgan fingerprint density at radius 3 is 1.89 bits per heavy atom. The maximum atomic E-state index is 12.1. The first-order valence-electron chi connectivity index (χ1n) is 7.47. The number of carbonyl (C=O) groups excluding carboxylic acids is 1. The van der Waals surface area contributed by atoms with Gasteiger partial charge in [0.2, 0.25) is 5.91 Å². The van der Waals surface area contributed by atoms with E-state index in [2.05, 4.69) is 26.1 Å². The summed E-state index contributed by atoms with van der Waals surface area (Å²) in [5.74, 6) is 1.09. The second kappa shape index (κ2) is 6.03. The van der Waals surface area contributed by atoms with Crippen molar-refractivity contribution >= 4 is 17.5 Å². The van der Waals surface area contributed by atoms with Gasteiger partial charge in [0.25, 0.3) is 0 Å². The molecule has 0 saturated heterocycles. The number of nitrogens with one attached hydrogen (secondary N) is 1. The van der Waals surface area contributed by atoms with E-state index in [0.717, 1.165) is 18.8 Å². The fourth-order valence-corrected chi connectivity index (χ4v) is 3.24. The molecular weight excluding hydrogens is 258 g/mol. The molecule has 0 aromatic heterocycles. The van der Waals surface area contributed by atoms with E-state index >= 15 is 0 Å². The van der Waals surface area contributed by atoms with Gasteiger partial charge in [0, 0.05) is 5.54 Å². The molecule has 0 aromatic rings. The number of halogens is 1. The van der Waals surface area contributed by atoms with Crippen LogP contribution in [0.3, 0.4) is 0 Å². The fourth-order valence-electron chi connectivity index (χ4n) is 2.93. The van der Waals surface area contributed by atoms with Gasteiger partial charge in [0.05, 0.1) is 0 Å². The van der Waals surface area contributed by atoms with Crippen LogP contribution in [-0.4, -0.2) is 16.8 Å². The predicted molar refractivity (Wildman–Crippen MR) is 82.4 cm³/mol. The number of amides is 1. The topological polar surface area (TPSA) is 29.1 Å². The van der Waals surface area contributed by atoms with Crippen molar-refractivity contribution < 1.29 is 4.79 Å². The highest BCUT2D eigenvalue weighted by atomic mass is 35.5. The Labute approximate surface area is 123 Å². The minimum Gasteiger partial charge on any atom is -0.350 e. The van der Waals surface area contributed by atoms with Gasteiger partial charge in [-0.15, -0.1) is 11.6 Å². The molecule has 3 heteroatoms. The minimum absolute atomic E-state index is 0.00613. The molecule has 19 heavy (non-hydrogen) atoms. The molecule has 1 amide bonds. The van der Waals surface area contributed by atoms with Gasteiger partial charge in [0.1, 0.15) is 5.38 Å². The molecule has 112 valence electrons. The summed E-state index contributed by atoms with van der Waals surface area (Å²) >= 11 is 6.37. The molecule has 0 heterocycles. The Balaban J connectivity index is 2.49. The van der Waals surface area contributed by atoms with Crippen molar-refractivity contribution in [2.75, 3.05) is 0 Å². The van der Waals surface area contributed by atoms with E-state index in [-0.39, 0.29) is 16.8 Å². The summed E-state index contributed by atoms with van der Waals surface area (Å²) in [6.07, 6.45) is 4.54. The number of carbonyl (C=O) groups is 1. The highest BCUT2D eigenvalue weighted by Gasteiger charge is 2.35. The highest BCUT2D eigenvalue weighted by Crippen LogP contribution is 2.41. The molecular formula is C16H30ClNO. The van der Waals surface area contributed by atoms with Gasteiger partial charge in [0.15, 0.2) is 0 Å². The van der Waals surface area contributed by atoms with Crippen LogP contribution in [0, 0.1) is 17.3 Å². The fraction of sp³-hybridized carbons (Fsp3) is 0.938. The molecule has 1 saturated carbocycles. The van der Waals surface area contributed by atoms with Crippen LogP contribution in [0.2, 0.25) is 0 Å². The highest BCUT2D eigenvalue weighted by molar-refractivity contribution is 6.31. The van der Waals surface area contributed by atoms with Crippen molar-refractivity contribution in [3.05, 3.63) is 0 Å². The Hall–Kier alpha value is -0.240. The Morgan fingerprint density at radius 1 is 1.05 bits per heavy atom. The zero-order chi connectivity index (χ0) is 14.8. The molecule has 1 atom stereocenters. The molecule has 1 rings (SSSR count). The molecule has 2 nitrogen and oxygen atoms in total. The van der Waals surface area contributed by atoms with Crippen molar-refractivity contribution in [3.63, 3.8) is 0 Å². The van der Waals surface area contributed by atoms with Crippen LogP contribution in [-0.2, 0) is 4.79 Å². The lowest BCUT2D eigenvalue weighted by Gasteiger charge is -2.38. The third kappa shape index (κ3) is 5.33. The summed E-state index contributed by atoms with van der Waals surface area (Å²) in [5.41, 5.74) is 0.174. The number of hydrogen-bond donors (Lipinski definition) is 1. The smallest absolute Gasteiger partial charge is 0.238 e. The van der Waals surface area contributed by atoms with Gasteiger partial charge in [-0.05, 0) is 63.7 Å². The van der Waals surface area contributed by atoms with E-state index in [0.29, 0.717) is 11.3 Å². The van der Waals surface area contributed by atoms with Crippen molar-refractivity contribution in [1.29, 1.82) is 0 Å². The normalized spacial score (nSPS) is 26.9. The maximum absolute atomic E-state index is 12.1. The Kier molecular flexibility index (Phi) is 5.34. The standard InChI is InChI=1S/C16H30ClNO/c1-15(2,3)12-9-7-11(8-10-12)13(17)14(19)18-16(4,5)6/h11-13H,7-10H2,1-6H3,(H,18,19). The molecule has 1 aliphatic carbocycles. The molecule has 1 aliphatic rings. The van der Waals surface area contributed by atoms with Gasteiger partial charge in [-0.3, -0.25) is 4.79 Å². The monoisotopic (exact) mass is 287 g/mol. The number of hydrogen-bond acceptors (Lipinski definition) is 1. The van der Waals surface area contributed by atoms with Crippen molar-refractivity contribution in [3.8, 4) is 0 Å². The molecule has 0 aromatic carbocycles. The van der Waals surface area contributed by atoms with Gasteiger partial charge in [-0.2, -0.15) is 0 Å². The average molecular weight is 288 g/mol.